The summed E-state index contributed by atoms with van der Waals surface area (Å²) in [7, 11) is 0. The highest BCUT2D eigenvalue weighted by atomic mass is 32.2. The van der Waals surface area contributed by atoms with Gasteiger partial charge in [-0.05, 0) is 6.42 Å². The molecule has 0 aliphatic carbocycles. The van der Waals surface area contributed by atoms with Gasteiger partial charge in [0.1, 0.15) is 4.32 Å². The van der Waals surface area contributed by atoms with Crippen LogP contribution < -0.4 is 5.32 Å². The zero-order chi connectivity index (χ0) is 22.3. The highest BCUT2D eigenvalue weighted by Gasteiger charge is 2.13. The summed E-state index contributed by atoms with van der Waals surface area (Å²) in [5.74, 6) is 0.182. The molecule has 0 aromatic heterocycles. The maximum atomic E-state index is 12.2. The predicted molar refractivity (Wildman–Crippen MR) is 131 cm³/mol. The van der Waals surface area contributed by atoms with Crippen molar-refractivity contribution in [2.24, 2.45) is 0 Å². The second kappa shape index (κ2) is 22.4. The first-order chi connectivity index (χ1) is 14.7. The maximum absolute atomic E-state index is 12.2. The topological polar surface area (TPSA) is 79.9 Å². The quantitative estimate of drug-likeness (QED) is 0.193. The van der Waals surface area contributed by atoms with Crippen LogP contribution in [0.15, 0.2) is 0 Å². The maximum Gasteiger partial charge on any atom is 0.233 e. The number of nitriles is 2. The van der Waals surface area contributed by atoms with Gasteiger partial charge in [-0.15, -0.1) is 0 Å². The number of hydrogen-bond acceptors (Lipinski definition) is 5. The fraction of sp³-hybridized carbons (Fsp3) is 0.826. The molecule has 0 aromatic rings. The second-order valence-electron chi connectivity index (χ2n) is 7.59. The number of hydrogen-bond donors (Lipinski definition) is 1. The summed E-state index contributed by atoms with van der Waals surface area (Å²) in [6, 6.07) is 4.08. The van der Waals surface area contributed by atoms with Crippen molar-refractivity contribution in [2.75, 3.05) is 25.4 Å². The third kappa shape index (κ3) is 18.7. The van der Waals surface area contributed by atoms with Crippen LogP contribution in [0.2, 0.25) is 0 Å². The van der Waals surface area contributed by atoms with Crippen LogP contribution in [0, 0.1) is 22.7 Å². The molecule has 0 unspecified atom stereocenters. The number of thiocarbonyl (C=S) groups is 1. The van der Waals surface area contributed by atoms with E-state index in [1.165, 1.54) is 82.4 Å². The van der Waals surface area contributed by atoms with Crippen LogP contribution in [0.4, 0.5) is 0 Å². The van der Waals surface area contributed by atoms with E-state index in [0.717, 1.165) is 13.0 Å². The Bertz CT molecular complexity index is 510. The summed E-state index contributed by atoms with van der Waals surface area (Å²) in [5, 5.41) is 20.6. The zero-order valence-corrected chi connectivity index (χ0v) is 20.4. The van der Waals surface area contributed by atoms with Gasteiger partial charge in [-0.1, -0.05) is 102 Å². The molecule has 7 heteroatoms. The smallest absolute Gasteiger partial charge is 0.233 e. The largest absolute Gasteiger partial charge is 0.371 e. The highest BCUT2D eigenvalue weighted by Crippen LogP contribution is 2.12. The fourth-order valence-electron chi connectivity index (χ4n) is 3.16. The summed E-state index contributed by atoms with van der Waals surface area (Å²) in [6.45, 7) is 3.85. The van der Waals surface area contributed by atoms with Gasteiger partial charge in [-0.2, -0.15) is 10.5 Å². The molecule has 0 radical (unpaired) electrons. The summed E-state index contributed by atoms with van der Waals surface area (Å²) >= 11 is 6.62. The predicted octanol–water partition coefficient (Wildman–Crippen LogP) is 5.95. The number of nitrogens with one attached hydrogen (secondary N) is 1. The molecule has 5 nitrogen and oxygen atoms in total. The van der Waals surface area contributed by atoms with Crippen molar-refractivity contribution in [3.05, 3.63) is 0 Å². The first-order valence-corrected chi connectivity index (χ1v) is 13.0. The van der Waals surface area contributed by atoms with Crippen molar-refractivity contribution in [2.45, 2.75) is 96.8 Å². The Morgan fingerprint density at radius 3 is 1.80 bits per heavy atom. The lowest BCUT2D eigenvalue weighted by Crippen LogP contribution is -2.35. The molecule has 0 aromatic carbocycles. The molecule has 0 aliphatic heterocycles. The van der Waals surface area contributed by atoms with Crippen molar-refractivity contribution in [3.8, 4) is 12.1 Å². The van der Waals surface area contributed by atoms with E-state index < -0.39 is 0 Å². The van der Waals surface area contributed by atoms with E-state index >= 15 is 0 Å². The third-order valence-electron chi connectivity index (χ3n) is 4.97. The van der Waals surface area contributed by atoms with Crippen molar-refractivity contribution in [1.82, 2.24) is 10.2 Å². The van der Waals surface area contributed by atoms with Gasteiger partial charge in [0, 0.05) is 19.6 Å². The summed E-state index contributed by atoms with van der Waals surface area (Å²) in [6.07, 6.45) is 16.5. The first kappa shape index (κ1) is 28.7. The van der Waals surface area contributed by atoms with E-state index in [1.54, 1.807) is 4.90 Å². The van der Waals surface area contributed by atoms with Gasteiger partial charge in [-0.25, -0.2) is 0 Å². The Morgan fingerprint density at radius 2 is 1.33 bits per heavy atom. The molecule has 1 N–H and O–H groups in total. The summed E-state index contributed by atoms with van der Waals surface area (Å²) < 4.78 is 0.645. The van der Waals surface area contributed by atoms with Crippen LogP contribution >= 0.6 is 24.0 Å². The number of thioether (sulfide) groups is 1. The van der Waals surface area contributed by atoms with Crippen LogP contribution in [-0.4, -0.2) is 40.5 Å². The third-order valence-corrected chi connectivity index (χ3v) is 6.26. The van der Waals surface area contributed by atoms with Gasteiger partial charge in [0.25, 0.3) is 0 Å². The SMILES string of the molecule is CCCCCCCCCCCCCCNC(=S)SCC(=O)N(CCC#N)CCC#N. The van der Waals surface area contributed by atoms with Crippen molar-refractivity contribution >= 4 is 34.2 Å². The first-order valence-electron chi connectivity index (χ1n) is 11.6. The number of carbonyl (C=O) groups excluding carboxylic acids is 1. The Balaban J connectivity index is 3.61. The van der Waals surface area contributed by atoms with E-state index in [9.17, 15) is 4.79 Å². The van der Waals surface area contributed by atoms with Gasteiger partial charge in [0.15, 0.2) is 0 Å². The molecule has 0 saturated carbocycles. The molecule has 1 amide bonds. The average Bonchev–Trinajstić information content (AvgIpc) is 2.75. The lowest BCUT2D eigenvalue weighted by molar-refractivity contribution is -0.128. The van der Waals surface area contributed by atoms with E-state index in [1.807, 2.05) is 12.1 Å². The fourth-order valence-corrected chi connectivity index (χ4v) is 4.08. The molecular weight excluding hydrogens is 412 g/mol. The van der Waals surface area contributed by atoms with Crippen molar-refractivity contribution in [3.63, 3.8) is 0 Å². The summed E-state index contributed by atoms with van der Waals surface area (Å²) in [4.78, 5) is 13.8. The molecule has 0 saturated heterocycles. The van der Waals surface area contributed by atoms with Gasteiger partial charge in [0.2, 0.25) is 5.91 Å². The molecule has 0 spiro atoms. The molecule has 0 atom stereocenters. The van der Waals surface area contributed by atoms with Gasteiger partial charge < -0.3 is 10.2 Å². The second-order valence-corrected chi connectivity index (χ2v) is 9.24. The number of amides is 1. The molecule has 170 valence electrons. The molecule has 0 rings (SSSR count). The minimum absolute atomic E-state index is 0.0694. The van der Waals surface area contributed by atoms with Crippen LogP contribution in [0.1, 0.15) is 96.8 Å². The summed E-state index contributed by atoms with van der Waals surface area (Å²) in [5.41, 5.74) is 0. The zero-order valence-electron chi connectivity index (χ0n) is 18.8. The molecule has 0 bridgehead atoms. The molecule has 30 heavy (non-hydrogen) atoms. The van der Waals surface area contributed by atoms with Gasteiger partial charge >= 0.3 is 0 Å². The Hall–Kier alpha value is -1.31. The van der Waals surface area contributed by atoms with Gasteiger partial charge in [-0.3, -0.25) is 4.79 Å². The van der Waals surface area contributed by atoms with Crippen LogP contribution in [-0.2, 0) is 4.79 Å². The van der Waals surface area contributed by atoms with Crippen LogP contribution in [0.5, 0.6) is 0 Å². The van der Waals surface area contributed by atoms with Crippen LogP contribution in [0.25, 0.3) is 0 Å². The lowest BCUT2D eigenvalue weighted by atomic mass is 10.1. The molecular formula is C23H40N4OS2. The van der Waals surface area contributed by atoms with Crippen LogP contribution in [0.3, 0.4) is 0 Å². The van der Waals surface area contributed by atoms with Crippen molar-refractivity contribution in [1.29, 1.82) is 10.5 Å². The molecule has 0 aliphatic rings. The van der Waals surface area contributed by atoms with E-state index in [4.69, 9.17) is 22.7 Å². The average molecular weight is 453 g/mol. The minimum Gasteiger partial charge on any atom is -0.371 e. The number of nitrogens with zero attached hydrogens (tertiary/aromatic N) is 3. The molecule has 0 fully saturated rings. The minimum atomic E-state index is -0.0694. The monoisotopic (exact) mass is 452 g/mol. The van der Waals surface area contributed by atoms with E-state index in [-0.39, 0.29) is 24.5 Å². The Kier molecular flexibility index (Phi) is 21.4. The number of rotatable bonds is 19. The van der Waals surface area contributed by atoms with Gasteiger partial charge in [0.05, 0.1) is 30.7 Å². The van der Waals surface area contributed by atoms with Crippen molar-refractivity contribution < 1.29 is 4.79 Å². The number of unbranched alkanes of at least 4 members (excludes halogenated alkanes) is 11. The standard InChI is InChI=1S/C23H40N4OS2/c1-2-3-4-5-6-7-8-9-10-11-12-13-18-26-23(29)30-21-22(28)27(19-14-16-24)20-15-17-25/h2-15,18-21H2,1H3,(H,26,29). The normalized spacial score (nSPS) is 10.2. The van der Waals surface area contributed by atoms with E-state index in [2.05, 4.69) is 12.2 Å². The highest BCUT2D eigenvalue weighted by molar-refractivity contribution is 8.23. The Labute approximate surface area is 194 Å². The Morgan fingerprint density at radius 1 is 0.867 bits per heavy atom. The number of carbonyl (C=O) groups is 1. The lowest BCUT2D eigenvalue weighted by Gasteiger charge is -2.20. The molecule has 0 heterocycles. The van der Waals surface area contributed by atoms with E-state index in [0.29, 0.717) is 17.4 Å².